The molecule has 0 radical (unpaired) electrons. The molecule has 4 aromatic rings. The van der Waals surface area contributed by atoms with Crippen LogP contribution in [0.4, 0.5) is 5.69 Å². The van der Waals surface area contributed by atoms with Crippen LogP contribution in [0.5, 0.6) is 0 Å². The number of hydrogen-bond donors (Lipinski definition) is 1. The highest BCUT2D eigenvalue weighted by Gasteiger charge is 2.25. The van der Waals surface area contributed by atoms with Gasteiger partial charge in [-0.3, -0.25) is 19.8 Å². The van der Waals surface area contributed by atoms with E-state index in [0.717, 1.165) is 65.1 Å². The molecule has 0 aromatic heterocycles. The summed E-state index contributed by atoms with van der Waals surface area (Å²) < 4.78 is 0. The van der Waals surface area contributed by atoms with Crippen LogP contribution in [0, 0.1) is 16.0 Å². The molecule has 0 aliphatic carbocycles. The van der Waals surface area contributed by atoms with Crippen LogP contribution in [0.25, 0.3) is 21.5 Å². The lowest BCUT2D eigenvalue weighted by molar-refractivity contribution is -0.384. The number of likely N-dealkylation sites (tertiary alicyclic amines) is 1. The minimum atomic E-state index is -0.390. The van der Waals surface area contributed by atoms with E-state index in [1.54, 1.807) is 18.3 Å². The molecule has 1 aliphatic rings. The second-order valence-corrected chi connectivity index (χ2v) is 8.94. The van der Waals surface area contributed by atoms with Gasteiger partial charge < -0.3 is 0 Å². The molecule has 1 amide bonds. The molecule has 1 heterocycles. The topological polar surface area (TPSA) is 87.8 Å². The van der Waals surface area contributed by atoms with Crippen molar-refractivity contribution in [2.75, 3.05) is 13.1 Å². The summed E-state index contributed by atoms with van der Waals surface area (Å²) in [5.41, 5.74) is 4.89. The van der Waals surface area contributed by atoms with E-state index >= 15 is 0 Å². The van der Waals surface area contributed by atoms with Crippen LogP contribution < -0.4 is 5.43 Å². The number of nitro benzene ring substituents is 1. The number of nitro groups is 1. The Bertz CT molecular complexity index is 1350. The fourth-order valence-corrected chi connectivity index (χ4v) is 4.77. The Morgan fingerprint density at radius 1 is 0.971 bits per heavy atom. The summed E-state index contributed by atoms with van der Waals surface area (Å²) in [7, 11) is 0. The molecular weight excluding hydrogens is 440 g/mol. The summed E-state index contributed by atoms with van der Waals surface area (Å²) in [5.74, 6) is -0.134. The van der Waals surface area contributed by atoms with Gasteiger partial charge in [-0.2, -0.15) is 5.10 Å². The molecule has 1 fully saturated rings. The van der Waals surface area contributed by atoms with Gasteiger partial charge in [0.15, 0.2) is 0 Å². The first kappa shape index (κ1) is 22.7. The molecule has 0 unspecified atom stereocenters. The minimum absolute atomic E-state index is 0.0548. The fourth-order valence-electron chi connectivity index (χ4n) is 4.77. The maximum Gasteiger partial charge on any atom is 0.269 e. The van der Waals surface area contributed by atoms with Gasteiger partial charge in [-0.1, -0.05) is 60.7 Å². The first-order valence-corrected chi connectivity index (χ1v) is 11.8. The maximum absolute atomic E-state index is 12.8. The van der Waals surface area contributed by atoms with E-state index in [9.17, 15) is 14.9 Å². The normalized spacial score (nSPS) is 15.1. The molecule has 0 spiro atoms. The maximum atomic E-state index is 12.8. The molecular formula is C28H26N4O3. The Morgan fingerprint density at radius 2 is 1.57 bits per heavy atom. The molecule has 5 rings (SSSR count). The van der Waals surface area contributed by atoms with Crippen molar-refractivity contribution >= 4 is 39.4 Å². The predicted octanol–water partition coefficient (Wildman–Crippen LogP) is 5.26. The van der Waals surface area contributed by atoms with E-state index in [4.69, 9.17) is 0 Å². The van der Waals surface area contributed by atoms with Crippen LogP contribution >= 0.6 is 0 Å². The number of amides is 1. The molecule has 4 aromatic carbocycles. The summed E-state index contributed by atoms with van der Waals surface area (Å²) >= 11 is 0. The molecule has 1 saturated heterocycles. The number of rotatable bonds is 6. The van der Waals surface area contributed by atoms with Crippen LogP contribution in [0.15, 0.2) is 84.0 Å². The molecule has 176 valence electrons. The zero-order chi connectivity index (χ0) is 24.2. The average molecular weight is 467 g/mol. The van der Waals surface area contributed by atoms with E-state index in [1.165, 1.54) is 12.1 Å². The lowest BCUT2D eigenvalue weighted by atomic mass is 9.96. The standard InChI is InChI=1S/C28H26N4O3/c33-28(21-13-15-31(16-14-21)19-20-9-11-24(12-10-20)32(34)35)30-29-18-27-25-7-3-1-5-22(25)17-23-6-2-4-8-26(23)27/h1-12,17-18,21H,13-16,19H2,(H,30,33). The molecule has 1 aliphatic heterocycles. The van der Waals surface area contributed by atoms with E-state index in [0.29, 0.717) is 0 Å². The van der Waals surface area contributed by atoms with Crippen molar-refractivity contribution < 1.29 is 9.72 Å². The fraction of sp³-hybridized carbons (Fsp3) is 0.214. The highest BCUT2D eigenvalue weighted by Crippen LogP contribution is 2.27. The molecule has 0 atom stereocenters. The van der Waals surface area contributed by atoms with Gasteiger partial charge in [-0.05, 0) is 59.1 Å². The molecule has 0 bridgehead atoms. The third kappa shape index (κ3) is 5.05. The number of carbonyl (C=O) groups excluding carboxylic acids is 1. The lowest BCUT2D eigenvalue weighted by Crippen LogP contribution is -2.39. The highest BCUT2D eigenvalue weighted by atomic mass is 16.6. The molecule has 0 saturated carbocycles. The first-order valence-electron chi connectivity index (χ1n) is 11.8. The zero-order valence-electron chi connectivity index (χ0n) is 19.3. The Hall–Kier alpha value is -4.10. The van der Waals surface area contributed by atoms with Gasteiger partial charge in [0.25, 0.3) is 5.69 Å². The first-order chi connectivity index (χ1) is 17.1. The third-order valence-corrected chi connectivity index (χ3v) is 6.69. The van der Waals surface area contributed by atoms with E-state index < -0.39 is 0 Å². The van der Waals surface area contributed by atoms with Crippen molar-refractivity contribution in [3.63, 3.8) is 0 Å². The summed E-state index contributed by atoms with van der Waals surface area (Å²) in [6.45, 7) is 2.32. The number of fused-ring (bicyclic) bond motifs is 2. The lowest BCUT2D eigenvalue weighted by Gasteiger charge is -2.30. The van der Waals surface area contributed by atoms with Crippen LogP contribution in [0.2, 0.25) is 0 Å². The van der Waals surface area contributed by atoms with E-state index in [-0.39, 0.29) is 22.4 Å². The van der Waals surface area contributed by atoms with Gasteiger partial charge in [-0.15, -0.1) is 0 Å². The van der Waals surface area contributed by atoms with Gasteiger partial charge in [0.05, 0.1) is 11.1 Å². The summed E-state index contributed by atoms with van der Waals surface area (Å²) in [6.07, 6.45) is 3.27. The summed E-state index contributed by atoms with van der Waals surface area (Å²) in [6, 6.07) is 25.2. The SMILES string of the molecule is O=C(NN=Cc1c2ccccc2cc2ccccc12)C1CCN(Cc2ccc([N+](=O)[O-])cc2)CC1. The van der Waals surface area contributed by atoms with Gasteiger partial charge in [-0.25, -0.2) is 5.43 Å². The van der Waals surface area contributed by atoms with Crippen LogP contribution in [-0.4, -0.2) is 35.0 Å². The molecule has 1 N–H and O–H groups in total. The largest absolute Gasteiger partial charge is 0.299 e. The van der Waals surface area contributed by atoms with Crippen molar-refractivity contribution in [3.8, 4) is 0 Å². The van der Waals surface area contributed by atoms with Crippen molar-refractivity contribution in [2.24, 2.45) is 11.0 Å². The van der Waals surface area contributed by atoms with E-state index in [2.05, 4.69) is 45.8 Å². The second kappa shape index (κ2) is 10.0. The summed E-state index contributed by atoms with van der Waals surface area (Å²) in [4.78, 5) is 25.5. The number of benzene rings is 4. The molecule has 7 nitrogen and oxygen atoms in total. The summed E-state index contributed by atoms with van der Waals surface area (Å²) in [5, 5.41) is 19.6. The van der Waals surface area contributed by atoms with Crippen molar-refractivity contribution in [3.05, 3.63) is 100 Å². The number of nitrogens with one attached hydrogen (secondary N) is 1. The minimum Gasteiger partial charge on any atom is -0.299 e. The van der Waals surface area contributed by atoms with Crippen molar-refractivity contribution in [1.29, 1.82) is 0 Å². The van der Waals surface area contributed by atoms with Crippen molar-refractivity contribution in [2.45, 2.75) is 19.4 Å². The highest BCUT2D eigenvalue weighted by molar-refractivity contribution is 6.13. The number of hydrazone groups is 1. The second-order valence-electron chi connectivity index (χ2n) is 8.94. The molecule has 7 heteroatoms. The zero-order valence-corrected chi connectivity index (χ0v) is 19.3. The van der Waals surface area contributed by atoms with Crippen molar-refractivity contribution in [1.82, 2.24) is 10.3 Å². The Morgan fingerprint density at radius 3 is 2.17 bits per heavy atom. The van der Waals surface area contributed by atoms with Gasteiger partial charge in [0.2, 0.25) is 5.91 Å². The number of non-ortho nitro benzene ring substituents is 1. The van der Waals surface area contributed by atoms with E-state index in [1.807, 2.05) is 24.3 Å². The number of carbonyl (C=O) groups is 1. The number of piperidine rings is 1. The predicted molar refractivity (Wildman–Crippen MR) is 138 cm³/mol. The monoisotopic (exact) mass is 466 g/mol. The van der Waals surface area contributed by atoms with Crippen LogP contribution in [0.3, 0.4) is 0 Å². The molecule has 35 heavy (non-hydrogen) atoms. The smallest absolute Gasteiger partial charge is 0.269 e. The van der Waals surface area contributed by atoms with Gasteiger partial charge in [0.1, 0.15) is 0 Å². The average Bonchev–Trinajstić information content (AvgIpc) is 2.89. The van der Waals surface area contributed by atoms with Crippen LogP contribution in [-0.2, 0) is 11.3 Å². The Balaban J connectivity index is 1.20. The third-order valence-electron chi connectivity index (χ3n) is 6.69. The number of nitrogens with zero attached hydrogens (tertiary/aromatic N) is 3. The quantitative estimate of drug-likeness (QED) is 0.182. The number of hydrogen-bond acceptors (Lipinski definition) is 5. The Kier molecular flexibility index (Phi) is 6.50. The Labute approximate surface area is 203 Å². The van der Waals surface area contributed by atoms with Gasteiger partial charge >= 0.3 is 0 Å². The van der Waals surface area contributed by atoms with Gasteiger partial charge in [0, 0.05) is 30.2 Å². The van der Waals surface area contributed by atoms with Crippen LogP contribution in [0.1, 0.15) is 24.0 Å².